The summed E-state index contributed by atoms with van der Waals surface area (Å²) in [6.45, 7) is 1.97. The van der Waals surface area contributed by atoms with Gasteiger partial charge in [-0.3, -0.25) is 15.0 Å². The number of anilines is 1. The number of hydrogen-bond acceptors (Lipinski definition) is 5. The highest BCUT2D eigenvalue weighted by Crippen LogP contribution is 2.31. The van der Waals surface area contributed by atoms with Gasteiger partial charge in [0.2, 0.25) is 0 Å². The molecule has 0 radical (unpaired) electrons. The highest BCUT2D eigenvalue weighted by Gasteiger charge is 2.46. The van der Waals surface area contributed by atoms with E-state index in [0.717, 1.165) is 31.6 Å². The summed E-state index contributed by atoms with van der Waals surface area (Å²) >= 11 is 0. The summed E-state index contributed by atoms with van der Waals surface area (Å²) in [5.74, 6) is 0. The first-order valence-electron chi connectivity index (χ1n) is 7.54. The number of alkyl halides is 1. The molecule has 120 valence electrons. The Bertz CT molecular complexity index is 537. The van der Waals surface area contributed by atoms with E-state index in [-0.39, 0.29) is 5.69 Å². The van der Waals surface area contributed by atoms with E-state index < -0.39 is 17.2 Å². The molecule has 1 aromatic carbocycles. The molecule has 2 aliphatic heterocycles. The lowest BCUT2D eigenvalue weighted by molar-refractivity contribution is -0.384. The van der Waals surface area contributed by atoms with Crippen molar-refractivity contribution in [3.8, 4) is 0 Å². The molecular weight excluding hydrogens is 289 g/mol. The Hall–Kier alpha value is -1.73. The van der Waals surface area contributed by atoms with Crippen molar-refractivity contribution in [3.05, 3.63) is 34.4 Å². The van der Waals surface area contributed by atoms with Crippen LogP contribution in [0.15, 0.2) is 24.3 Å². The molecule has 1 N–H and O–H groups in total. The molecule has 2 fully saturated rings. The van der Waals surface area contributed by atoms with Gasteiger partial charge in [-0.15, -0.1) is 0 Å². The molecule has 22 heavy (non-hydrogen) atoms. The number of halogens is 1. The maximum Gasteiger partial charge on any atom is 0.269 e. The topological polar surface area (TPSA) is 69.9 Å². The van der Waals surface area contributed by atoms with Crippen LogP contribution in [0.5, 0.6) is 0 Å². The van der Waals surface area contributed by atoms with Gasteiger partial charge in [-0.1, -0.05) is 0 Å². The fraction of sp³-hybridized carbons (Fsp3) is 0.600. The number of likely N-dealkylation sites (tertiary alicyclic amines) is 1. The molecule has 2 aliphatic rings. The van der Waals surface area contributed by atoms with E-state index in [4.69, 9.17) is 5.11 Å². The Morgan fingerprint density at radius 2 is 1.86 bits per heavy atom. The molecule has 0 saturated carbocycles. The van der Waals surface area contributed by atoms with Gasteiger partial charge < -0.3 is 10.0 Å². The summed E-state index contributed by atoms with van der Waals surface area (Å²) in [6, 6.07) is 6.97. The molecule has 7 heteroatoms. The number of nitro benzene ring substituents is 1. The number of non-ortho nitro benzene ring substituents is 1. The van der Waals surface area contributed by atoms with Crippen LogP contribution in [0, 0.1) is 10.1 Å². The Morgan fingerprint density at radius 3 is 2.36 bits per heavy atom. The zero-order valence-electron chi connectivity index (χ0n) is 12.3. The van der Waals surface area contributed by atoms with Crippen LogP contribution in [0.4, 0.5) is 15.8 Å². The van der Waals surface area contributed by atoms with E-state index in [1.54, 1.807) is 12.1 Å². The molecule has 0 bridgehead atoms. The van der Waals surface area contributed by atoms with E-state index >= 15 is 0 Å². The van der Waals surface area contributed by atoms with Crippen molar-refractivity contribution >= 4 is 11.4 Å². The van der Waals surface area contributed by atoms with Gasteiger partial charge in [0, 0.05) is 50.0 Å². The first-order valence-corrected chi connectivity index (χ1v) is 7.54. The fourth-order valence-electron chi connectivity index (χ4n) is 3.31. The minimum absolute atomic E-state index is 0.0995. The molecule has 0 spiro atoms. The minimum atomic E-state index is -1.41. The number of benzene rings is 1. The Balaban J connectivity index is 1.53. The van der Waals surface area contributed by atoms with E-state index in [0.29, 0.717) is 19.1 Å². The predicted molar refractivity (Wildman–Crippen MR) is 80.8 cm³/mol. The predicted octanol–water partition coefficient (Wildman–Crippen LogP) is 1.58. The van der Waals surface area contributed by atoms with Crippen molar-refractivity contribution in [2.24, 2.45) is 0 Å². The van der Waals surface area contributed by atoms with E-state index in [1.165, 1.54) is 12.1 Å². The summed E-state index contributed by atoms with van der Waals surface area (Å²) in [5, 5.41) is 19.6. The van der Waals surface area contributed by atoms with Crippen LogP contribution in [-0.4, -0.2) is 59.4 Å². The molecule has 1 aromatic rings. The number of piperidine rings is 1. The average molecular weight is 309 g/mol. The van der Waals surface area contributed by atoms with Crippen LogP contribution < -0.4 is 4.90 Å². The molecule has 0 aromatic heterocycles. The lowest BCUT2D eigenvalue weighted by Gasteiger charge is -2.50. The minimum Gasteiger partial charge on any atom is -0.393 e. The zero-order valence-corrected chi connectivity index (χ0v) is 12.3. The standard InChI is InChI=1S/C15H20FN3O3/c16-15(11-20)9-18(10-15)13-5-7-17(8-6-13)12-1-3-14(4-2-12)19(21)22/h1-4,13,20H,5-11H2. The second-order valence-electron chi connectivity index (χ2n) is 6.21. The van der Waals surface area contributed by atoms with E-state index in [2.05, 4.69) is 9.80 Å². The smallest absolute Gasteiger partial charge is 0.269 e. The van der Waals surface area contributed by atoms with E-state index in [1.807, 2.05) is 0 Å². The van der Waals surface area contributed by atoms with Gasteiger partial charge in [-0.2, -0.15) is 0 Å². The van der Waals surface area contributed by atoms with Crippen LogP contribution in [0.3, 0.4) is 0 Å². The van der Waals surface area contributed by atoms with Gasteiger partial charge in [0.15, 0.2) is 5.67 Å². The number of rotatable bonds is 4. The van der Waals surface area contributed by atoms with Gasteiger partial charge in [-0.05, 0) is 25.0 Å². The first-order chi connectivity index (χ1) is 10.5. The molecule has 2 heterocycles. The largest absolute Gasteiger partial charge is 0.393 e. The number of nitrogens with zero attached hydrogens (tertiary/aromatic N) is 3. The third-order valence-electron chi connectivity index (χ3n) is 4.66. The maximum atomic E-state index is 13.7. The Morgan fingerprint density at radius 1 is 1.27 bits per heavy atom. The van der Waals surface area contributed by atoms with Crippen molar-refractivity contribution in [1.29, 1.82) is 0 Å². The SMILES string of the molecule is O=[N+]([O-])c1ccc(N2CCC(N3CC(F)(CO)C3)CC2)cc1. The fourth-order valence-corrected chi connectivity index (χ4v) is 3.31. The second-order valence-corrected chi connectivity index (χ2v) is 6.21. The Labute approximate surface area is 128 Å². The van der Waals surface area contributed by atoms with E-state index in [9.17, 15) is 14.5 Å². The third-order valence-corrected chi connectivity index (χ3v) is 4.66. The number of aliphatic hydroxyl groups excluding tert-OH is 1. The zero-order chi connectivity index (χ0) is 15.7. The van der Waals surface area contributed by atoms with Crippen molar-refractivity contribution in [2.75, 3.05) is 37.7 Å². The lowest BCUT2D eigenvalue weighted by atomic mass is 9.91. The highest BCUT2D eigenvalue weighted by molar-refractivity contribution is 5.51. The van der Waals surface area contributed by atoms with Gasteiger partial charge in [0.1, 0.15) is 0 Å². The van der Waals surface area contributed by atoms with Crippen molar-refractivity contribution in [2.45, 2.75) is 24.6 Å². The molecule has 0 atom stereocenters. The summed E-state index contributed by atoms with van der Waals surface area (Å²) in [4.78, 5) is 14.6. The molecular formula is C15H20FN3O3. The maximum absolute atomic E-state index is 13.7. The van der Waals surface area contributed by atoms with Crippen LogP contribution in [0.1, 0.15) is 12.8 Å². The van der Waals surface area contributed by atoms with Gasteiger partial charge in [0.25, 0.3) is 5.69 Å². The summed E-state index contributed by atoms with van der Waals surface area (Å²) in [5.41, 5.74) is -0.319. The highest BCUT2D eigenvalue weighted by atomic mass is 19.1. The summed E-state index contributed by atoms with van der Waals surface area (Å²) in [7, 11) is 0. The molecule has 3 rings (SSSR count). The molecule has 6 nitrogen and oxygen atoms in total. The second kappa shape index (κ2) is 5.81. The lowest BCUT2D eigenvalue weighted by Crippen LogP contribution is -2.65. The molecule has 0 aliphatic carbocycles. The van der Waals surface area contributed by atoms with Crippen molar-refractivity contribution in [3.63, 3.8) is 0 Å². The molecule has 0 amide bonds. The van der Waals surface area contributed by atoms with Crippen molar-refractivity contribution < 1.29 is 14.4 Å². The quantitative estimate of drug-likeness (QED) is 0.675. The van der Waals surface area contributed by atoms with Gasteiger partial charge >= 0.3 is 0 Å². The average Bonchev–Trinajstić information content (AvgIpc) is 2.52. The molecule has 2 saturated heterocycles. The number of aliphatic hydroxyl groups is 1. The monoisotopic (exact) mass is 309 g/mol. The van der Waals surface area contributed by atoms with Gasteiger partial charge in [0.05, 0.1) is 11.5 Å². The third kappa shape index (κ3) is 2.91. The summed E-state index contributed by atoms with van der Waals surface area (Å²) < 4.78 is 13.7. The summed E-state index contributed by atoms with van der Waals surface area (Å²) in [6.07, 6.45) is 1.89. The first kappa shape index (κ1) is 15.2. The normalized spacial score (nSPS) is 22.4. The number of hydrogen-bond donors (Lipinski definition) is 1. The molecule has 0 unspecified atom stereocenters. The Kier molecular flexibility index (Phi) is 4.01. The van der Waals surface area contributed by atoms with Crippen LogP contribution in [0.2, 0.25) is 0 Å². The van der Waals surface area contributed by atoms with Crippen LogP contribution in [-0.2, 0) is 0 Å². The van der Waals surface area contributed by atoms with Crippen molar-refractivity contribution in [1.82, 2.24) is 4.90 Å². The number of nitro groups is 1. The van der Waals surface area contributed by atoms with Gasteiger partial charge in [-0.25, -0.2) is 4.39 Å². The van der Waals surface area contributed by atoms with Crippen LogP contribution in [0.25, 0.3) is 0 Å². The van der Waals surface area contributed by atoms with Crippen LogP contribution >= 0.6 is 0 Å².